The number of nitrogens with one attached hydrogen (secondary N) is 1. The number of rotatable bonds is 3. The molecule has 1 fully saturated rings. The van der Waals surface area contributed by atoms with Gasteiger partial charge in [0.25, 0.3) is 11.8 Å². The normalized spacial score (nSPS) is 15.5. The van der Waals surface area contributed by atoms with Crippen molar-refractivity contribution < 1.29 is 9.59 Å². The Labute approximate surface area is 133 Å². The van der Waals surface area contributed by atoms with Gasteiger partial charge in [0.15, 0.2) is 0 Å². The highest BCUT2D eigenvalue weighted by Crippen LogP contribution is 2.15. The number of hydrogen-bond donors (Lipinski definition) is 1. The predicted molar refractivity (Wildman–Crippen MR) is 87.2 cm³/mol. The number of carbonyl (C=O) groups is 2. The van der Waals surface area contributed by atoms with Crippen LogP contribution in [0.2, 0.25) is 0 Å². The van der Waals surface area contributed by atoms with Crippen molar-refractivity contribution in [3.63, 3.8) is 0 Å². The van der Waals surface area contributed by atoms with Crippen LogP contribution in [0.4, 0.5) is 0 Å². The number of nitrogens with zero attached hydrogens (tertiary/aromatic N) is 1. The van der Waals surface area contributed by atoms with Gasteiger partial charge < -0.3 is 10.2 Å². The fourth-order valence-corrected chi connectivity index (χ4v) is 3.28. The molecule has 1 aromatic heterocycles. The fraction of sp³-hybridized carbons (Fsp3) is 0.294. The van der Waals surface area contributed by atoms with Crippen LogP contribution in [0, 0.1) is 0 Å². The highest BCUT2D eigenvalue weighted by molar-refractivity contribution is 7.12. The van der Waals surface area contributed by atoms with Crippen LogP contribution in [0.3, 0.4) is 0 Å². The van der Waals surface area contributed by atoms with E-state index in [0.717, 1.165) is 23.3 Å². The number of hydrogen-bond acceptors (Lipinski definition) is 3. The van der Waals surface area contributed by atoms with Crippen LogP contribution >= 0.6 is 11.3 Å². The topological polar surface area (TPSA) is 49.4 Å². The minimum Gasteiger partial charge on any atom is -0.348 e. The molecule has 1 saturated heterocycles. The van der Waals surface area contributed by atoms with Crippen LogP contribution < -0.4 is 5.32 Å². The summed E-state index contributed by atoms with van der Waals surface area (Å²) in [4.78, 5) is 27.0. The van der Waals surface area contributed by atoms with E-state index < -0.39 is 0 Å². The molecule has 0 saturated carbocycles. The van der Waals surface area contributed by atoms with Crippen LogP contribution in [-0.2, 0) is 0 Å². The molecule has 22 heavy (non-hydrogen) atoms. The standard InChI is InChI=1S/C17H18N2O2S/c20-16(15-7-4-12-22-15)18-14-8-10-19(11-9-14)17(21)13-5-2-1-3-6-13/h1-7,12,14H,8-11H2,(H,18,20). The SMILES string of the molecule is O=C(NC1CCN(C(=O)c2ccccc2)CC1)c1cccs1. The van der Waals surface area contributed by atoms with Crippen molar-refractivity contribution in [2.24, 2.45) is 0 Å². The van der Waals surface area contributed by atoms with Gasteiger partial charge >= 0.3 is 0 Å². The smallest absolute Gasteiger partial charge is 0.261 e. The Hall–Kier alpha value is -2.14. The summed E-state index contributed by atoms with van der Waals surface area (Å²) in [5.41, 5.74) is 0.726. The van der Waals surface area contributed by atoms with E-state index in [0.29, 0.717) is 13.1 Å². The van der Waals surface area contributed by atoms with E-state index in [4.69, 9.17) is 0 Å². The number of amides is 2. The molecule has 0 aliphatic carbocycles. The maximum Gasteiger partial charge on any atom is 0.261 e. The molecule has 4 nitrogen and oxygen atoms in total. The third-order valence-electron chi connectivity index (χ3n) is 3.88. The van der Waals surface area contributed by atoms with E-state index >= 15 is 0 Å². The third kappa shape index (κ3) is 3.36. The summed E-state index contributed by atoms with van der Waals surface area (Å²) < 4.78 is 0. The Bertz CT molecular complexity index is 632. The minimum atomic E-state index is -0.0113. The number of thiophene rings is 1. The lowest BCUT2D eigenvalue weighted by Crippen LogP contribution is -2.46. The Kier molecular flexibility index (Phi) is 4.53. The summed E-state index contributed by atoms with van der Waals surface area (Å²) >= 11 is 1.45. The van der Waals surface area contributed by atoms with Crippen molar-refractivity contribution in [3.05, 3.63) is 58.3 Å². The molecule has 2 amide bonds. The first-order valence-corrected chi connectivity index (χ1v) is 8.30. The molecule has 0 atom stereocenters. The maximum absolute atomic E-state index is 12.4. The zero-order chi connectivity index (χ0) is 15.4. The second-order valence-electron chi connectivity index (χ2n) is 5.38. The van der Waals surface area contributed by atoms with Gasteiger partial charge in [-0.3, -0.25) is 9.59 Å². The van der Waals surface area contributed by atoms with E-state index in [9.17, 15) is 9.59 Å². The van der Waals surface area contributed by atoms with Crippen LogP contribution in [0.15, 0.2) is 47.8 Å². The molecule has 0 unspecified atom stereocenters. The van der Waals surface area contributed by atoms with E-state index in [1.165, 1.54) is 11.3 Å². The quantitative estimate of drug-likeness (QED) is 0.947. The van der Waals surface area contributed by atoms with Gasteiger partial charge in [-0.15, -0.1) is 11.3 Å². The summed E-state index contributed by atoms with van der Waals surface area (Å²) in [7, 11) is 0. The molecule has 2 heterocycles. The molecule has 3 rings (SSSR count). The van der Waals surface area contributed by atoms with Gasteiger partial charge in [0.2, 0.25) is 0 Å². The maximum atomic E-state index is 12.4. The van der Waals surface area contributed by atoms with Crippen molar-refractivity contribution in [3.8, 4) is 0 Å². The summed E-state index contributed by atoms with van der Waals surface area (Å²) in [5.74, 6) is 0.0615. The Morgan fingerprint density at radius 2 is 1.77 bits per heavy atom. The second-order valence-corrected chi connectivity index (χ2v) is 6.33. The van der Waals surface area contributed by atoms with E-state index in [2.05, 4.69) is 5.32 Å². The van der Waals surface area contributed by atoms with E-state index in [1.807, 2.05) is 52.7 Å². The second kappa shape index (κ2) is 6.75. The van der Waals surface area contributed by atoms with E-state index in [-0.39, 0.29) is 17.9 Å². The summed E-state index contributed by atoms with van der Waals surface area (Å²) in [6.07, 6.45) is 1.60. The molecule has 0 radical (unpaired) electrons. The molecule has 2 aromatic rings. The average Bonchev–Trinajstić information content (AvgIpc) is 3.10. The van der Waals surface area contributed by atoms with Gasteiger partial charge in [-0.05, 0) is 36.4 Å². The fourth-order valence-electron chi connectivity index (χ4n) is 2.65. The lowest BCUT2D eigenvalue weighted by molar-refractivity contribution is 0.0698. The van der Waals surface area contributed by atoms with Crippen molar-refractivity contribution in [2.45, 2.75) is 18.9 Å². The van der Waals surface area contributed by atoms with Gasteiger partial charge in [0.05, 0.1) is 4.88 Å². The molecule has 5 heteroatoms. The zero-order valence-electron chi connectivity index (χ0n) is 12.2. The van der Waals surface area contributed by atoms with E-state index in [1.54, 1.807) is 0 Å². The predicted octanol–water partition coefficient (Wildman–Crippen LogP) is 2.78. The Morgan fingerprint density at radius 1 is 1.05 bits per heavy atom. The number of carbonyl (C=O) groups excluding carboxylic acids is 2. The van der Waals surface area contributed by atoms with Crippen molar-refractivity contribution in [1.29, 1.82) is 0 Å². The highest BCUT2D eigenvalue weighted by atomic mass is 32.1. The van der Waals surface area contributed by atoms with Gasteiger partial charge in [-0.1, -0.05) is 24.3 Å². The number of likely N-dealkylation sites (tertiary alicyclic amines) is 1. The molecule has 0 spiro atoms. The van der Waals surface area contributed by atoms with Crippen LogP contribution in [0.25, 0.3) is 0 Å². The molecule has 114 valence electrons. The molecule has 1 aliphatic rings. The molecular weight excluding hydrogens is 296 g/mol. The lowest BCUT2D eigenvalue weighted by Gasteiger charge is -2.32. The summed E-state index contributed by atoms with van der Waals surface area (Å²) in [5, 5.41) is 4.95. The summed E-state index contributed by atoms with van der Waals surface area (Å²) in [6, 6.07) is 13.2. The molecule has 1 aromatic carbocycles. The lowest BCUT2D eigenvalue weighted by atomic mass is 10.0. The van der Waals surface area contributed by atoms with Crippen molar-refractivity contribution >= 4 is 23.2 Å². The Balaban J connectivity index is 1.52. The molecule has 0 bridgehead atoms. The largest absolute Gasteiger partial charge is 0.348 e. The highest BCUT2D eigenvalue weighted by Gasteiger charge is 2.24. The van der Waals surface area contributed by atoms with Crippen molar-refractivity contribution in [2.75, 3.05) is 13.1 Å². The zero-order valence-corrected chi connectivity index (χ0v) is 13.0. The van der Waals surface area contributed by atoms with Crippen molar-refractivity contribution in [1.82, 2.24) is 10.2 Å². The first-order chi connectivity index (χ1) is 10.7. The van der Waals surface area contributed by atoms with Gasteiger partial charge in [-0.2, -0.15) is 0 Å². The van der Waals surface area contributed by atoms with Crippen LogP contribution in [0.5, 0.6) is 0 Å². The minimum absolute atomic E-state index is 0.0113. The summed E-state index contributed by atoms with van der Waals surface area (Å²) in [6.45, 7) is 1.37. The van der Waals surface area contributed by atoms with Gasteiger partial charge in [-0.25, -0.2) is 0 Å². The van der Waals surface area contributed by atoms with Crippen LogP contribution in [0.1, 0.15) is 32.9 Å². The third-order valence-corrected chi connectivity index (χ3v) is 4.75. The van der Waals surface area contributed by atoms with Gasteiger partial charge in [0, 0.05) is 24.7 Å². The molecule has 1 aliphatic heterocycles. The molecule has 1 N–H and O–H groups in total. The first kappa shape index (κ1) is 14.8. The number of benzene rings is 1. The van der Waals surface area contributed by atoms with Gasteiger partial charge in [0.1, 0.15) is 0 Å². The Morgan fingerprint density at radius 3 is 2.41 bits per heavy atom. The molecular formula is C17H18N2O2S. The number of piperidine rings is 1. The average molecular weight is 314 g/mol. The van der Waals surface area contributed by atoms with Crippen LogP contribution in [-0.4, -0.2) is 35.8 Å². The first-order valence-electron chi connectivity index (χ1n) is 7.43. The monoisotopic (exact) mass is 314 g/mol.